The lowest BCUT2D eigenvalue weighted by Crippen LogP contribution is -2.25. The molecule has 7 heteroatoms. The first-order chi connectivity index (χ1) is 12.2. The molecule has 2 unspecified atom stereocenters. The lowest BCUT2D eigenvalue weighted by atomic mass is 10.2. The highest BCUT2D eigenvalue weighted by Gasteiger charge is 2.41. The molecule has 0 radical (unpaired) electrons. The molecule has 25 heavy (non-hydrogen) atoms. The molecule has 0 saturated heterocycles. The summed E-state index contributed by atoms with van der Waals surface area (Å²) in [5.74, 6) is 0.809. The second kappa shape index (κ2) is 6.80. The molecular formula is C18H17BrN4OS. The summed E-state index contributed by atoms with van der Waals surface area (Å²) >= 11 is 5.13. The number of thioether (sulfide) groups is 1. The van der Waals surface area contributed by atoms with Gasteiger partial charge in [0.1, 0.15) is 4.60 Å². The summed E-state index contributed by atoms with van der Waals surface area (Å²) in [6, 6.07) is 11.3. The SMILES string of the molecule is CSc1cc(Br)nn2c(C3CC3CNC(=O)c3ccccc3)cnc12. The highest BCUT2D eigenvalue weighted by molar-refractivity contribution is 9.10. The Morgan fingerprint density at radius 1 is 1.40 bits per heavy atom. The number of carbonyl (C=O) groups is 1. The first-order valence-corrected chi connectivity index (χ1v) is 10.1. The quantitative estimate of drug-likeness (QED) is 0.643. The van der Waals surface area contributed by atoms with Gasteiger partial charge in [0.25, 0.3) is 5.91 Å². The van der Waals surface area contributed by atoms with Crippen LogP contribution in [0.5, 0.6) is 0 Å². The van der Waals surface area contributed by atoms with Gasteiger partial charge >= 0.3 is 0 Å². The van der Waals surface area contributed by atoms with Gasteiger partial charge in [0.2, 0.25) is 0 Å². The van der Waals surface area contributed by atoms with Crippen molar-refractivity contribution in [3.63, 3.8) is 0 Å². The molecule has 2 atom stereocenters. The van der Waals surface area contributed by atoms with E-state index in [1.165, 1.54) is 0 Å². The molecule has 4 rings (SSSR count). The van der Waals surface area contributed by atoms with Gasteiger partial charge in [-0.3, -0.25) is 4.79 Å². The molecule has 1 aliphatic carbocycles. The average molecular weight is 417 g/mol. The number of rotatable bonds is 5. The Kier molecular flexibility index (Phi) is 4.52. The van der Waals surface area contributed by atoms with Crippen LogP contribution in [0.3, 0.4) is 0 Å². The monoisotopic (exact) mass is 416 g/mol. The van der Waals surface area contributed by atoms with Crippen molar-refractivity contribution < 1.29 is 4.79 Å². The maximum Gasteiger partial charge on any atom is 0.251 e. The van der Waals surface area contributed by atoms with Gasteiger partial charge in [-0.2, -0.15) is 5.10 Å². The van der Waals surface area contributed by atoms with Crippen LogP contribution in [0.2, 0.25) is 0 Å². The summed E-state index contributed by atoms with van der Waals surface area (Å²) in [5.41, 5.74) is 2.71. The second-order valence-electron chi connectivity index (χ2n) is 6.13. The minimum atomic E-state index is -0.0186. The number of halogens is 1. The maximum atomic E-state index is 12.2. The summed E-state index contributed by atoms with van der Waals surface area (Å²) in [7, 11) is 0. The predicted molar refractivity (Wildman–Crippen MR) is 102 cm³/mol. The van der Waals surface area contributed by atoms with E-state index < -0.39 is 0 Å². The standard InChI is InChI=1S/C18H17BrN4OS/c1-25-15-8-16(19)22-23-14(10-20-17(15)23)13-7-12(13)9-21-18(24)11-5-3-2-4-6-11/h2-6,8,10,12-13H,7,9H2,1H3,(H,21,24). The van der Waals surface area contributed by atoms with E-state index in [2.05, 4.69) is 31.3 Å². The van der Waals surface area contributed by atoms with E-state index in [4.69, 9.17) is 0 Å². The van der Waals surface area contributed by atoms with E-state index in [1.54, 1.807) is 11.8 Å². The van der Waals surface area contributed by atoms with E-state index in [1.807, 2.05) is 53.4 Å². The van der Waals surface area contributed by atoms with Crippen LogP contribution >= 0.6 is 27.7 Å². The average Bonchev–Trinajstić information content (AvgIpc) is 3.29. The molecule has 1 saturated carbocycles. The van der Waals surface area contributed by atoms with Crippen molar-refractivity contribution in [3.8, 4) is 0 Å². The predicted octanol–water partition coefficient (Wildman–Crippen LogP) is 3.75. The van der Waals surface area contributed by atoms with E-state index in [0.717, 1.165) is 27.3 Å². The van der Waals surface area contributed by atoms with Crippen molar-refractivity contribution >= 4 is 39.2 Å². The zero-order valence-electron chi connectivity index (χ0n) is 13.6. The molecule has 5 nitrogen and oxygen atoms in total. The van der Waals surface area contributed by atoms with E-state index in [9.17, 15) is 4.79 Å². The lowest BCUT2D eigenvalue weighted by Gasteiger charge is -2.06. The molecule has 0 spiro atoms. The third-order valence-electron chi connectivity index (χ3n) is 4.51. The van der Waals surface area contributed by atoms with Crippen molar-refractivity contribution in [2.45, 2.75) is 17.2 Å². The molecule has 2 heterocycles. The molecule has 3 aromatic rings. The lowest BCUT2D eigenvalue weighted by molar-refractivity contribution is 0.0951. The van der Waals surface area contributed by atoms with Crippen LogP contribution in [0.15, 0.2) is 52.1 Å². The number of amides is 1. The van der Waals surface area contributed by atoms with Crippen LogP contribution in [0.4, 0.5) is 0 Å². The smallest absolute Gasteiger partial charge is 0.251 e. The van der Waals surface area contributed by atoms with E-state index >= 15 is 0 Å². The van der Waals surface area contributed by atoms with Gasteiger partial charge in [-0.1, -0.05) is 18.2 Å². The highest BCUT2D eigenvalue weighted by atomic mass is 79.9. The molecule has 128 valence electrons. The number of benzene rings is 1. The molecule has 2 aromatic heterocycles. The second-order valence-corrected chi connectivity index (χ2v) is 7.79. The number of hydrogen-bond acceptors (Lipinski definition) is 4. The normalized spacial score (nSPS) is 19.1. The van der Waals surface area contributed by atoms with Gasteiger partial charge in [0.05, 0.1) is 16.8 Å². The Balaban J connectivity index is 1.46. The fraction of sp³-hybridized carbons (Fsp3) is 0.278. The summed E-state index contributed by atoms with van der Waals surface area (Å²) in [5, 5.41) is 7.59. The molecular weight excluding hydrogens is 400 g/mol. The van der Waals surface area contributed by atoms with Crippen LogP contribution in [0.25, 0.3) is 5.65 Å². The van der Waals surface area contributed by atoms with Crippen LogP contribution in [0, 0.1) is 5.92 Å². The number of fused-ring (bicyclic) bond motifs is 1. The van der Waals surface area contributed by atoms with Crippen molar-refractivity contribution in [2.24, 2.45) is 5.92 Å². The Labute approximate surface area is 158 Å². The Bertz CT molecular complexity index is 927. The first-order valence-electron chi connectivity index (χ1n) is 8.09. The third kappa shape index (κ3) is 3.30. The Hall–Kier alpha value is -1.86. The van der Waals surface area contributed by atoms with Gasteiger partial charge in [-0.05, 0) is 52.7 Å². The van der Waals surface area contributed by atoms with E-state index in [-0.39, 0.29) is 5.91 Å². The summed E-state index contributed by atoms with van der Waals surface area (Å²) in [4.78, 5) is 17.8. The van der Waals surface area contributed by atoms with Crippen LogP contribution in [0.1, 0.15) is 28.4 Å². The third-order valence-corrected chi connectivity index (χ3v) is 5.64. The Morgan fingerprint density at radius 3 is 2.96 bits per heavy atom. The first kappa shape index (κ1) is 16.6. The largest absolute Gasteiger partial charge is 0.352 e. The molecule has 1 amide bonds. The fourth-order valence-corrected chi connectivity index (χ4v) is 4.17. The van der Waals surface area contributed by atoms with Crippen molar-refractivity contribution in [3.05, 3.63) is 58.5 Å². The van der Waals surface area contributed by atoms with Crippen LogP contribution < -0.4 is 5.32 Å². The van der Waals surface area contributed by atoms with E-state index in [0.29, 0.717) is 23.9 Å². The zero-order chi connectivity index (χ0) is 17.4. The number of carbonyl (C=O) groups excluding carboxylic acids is 1. The van der Waals surface area contributed by atoms with Gasteiger partial charge in [0, 0.05) is 18.0 Å². The minimum absolute atomic E-state index is 0.0186. The summed E-state index contributed by atoms with van der Waals surface area (Å²) in [6.45, 7) is 0.676. The molecule has 1 N–H and O–H groups in total. The topological polar surface area (TPSA) is 59.3 Å². The zero-order valence-corrected chi connectivity index (χ0v) is 16.0. The molecule has 1 fully saturated rings. The van der Waals surface area contributed by atoms with Crippen molar-refractivity contribution in [1.29, 1.82) is 0 Å². The Morgan fingerprint density at radius 2 is 2.20 bits per heavy atom. The van der Waals surface area contributed by atoms with Crippen molar-refractivity contribution in [2.75, 3.05) is 12.8 Å². The van der Waals surface area contributed by atoms with Crippen LogP contribution in [-0.2, 0) is 0 Å². The number of aromatic nitrogens is 3. The summed E-state index contributed by atoms with van der Waals surface area (Å²) < 4.78 is 2.73. The summed E-state index contributed by atoms with van der Waals surface area (Å²) in [6.07, 6.45) is 5.00. The van der Waals surface area contributed by atoms with Gasteiger partial charge < -0.3 is 5.32 Å². The highest BCUT2D eigenvalue weighted by Crippen LogP contribution is 2.47. The number of nitrogens with zero attached hydrogens (tertiary/aromatic N) is 3. The van der Waals surface area contributed by atoms with Gasteiger partial charge in [-0.15, -0.1) is 11.8 Å². The number of imidazole rings is 1. The number of nitrogens with one attached hydrogen (secondary N) is 1. The number of hydrogen-bond donors (Lipinski definition) is 1. The van der Waals surface area contributed by atoms with Gasteiger partial charge in [0.15, 0.2) is 5.65 Å². The molecule has 1 aromatic carbocycles. The molecule has 0 aliphatic heterocycles. The fourth-order valence-electron chi connectivity index (χ4n) is 3.08. The maximum absolute atomic E-state index is 12.2. The van der Waals surface area contributed by atoms with Crippen LogP contribution in [-0.4, -0.2) is 33.3 Å². The molecule has 1 aliphatic rings. The van der Waals surface area contributed by atoms with Crippen molar-refractivity contribution in [1.82, 2.24) is 19.9 Å². The minimum Gasteiger partial charge on any atom is -0.352 e. The molecule has 0 bridgehead atoms. The van der Waals surface area contributed by atoms with Gasteiger partial charge in [-0.25, -0.2) is 9.50 Å².